The van der Waals surface area contributed by atoms with Gasteiger partial charge in [0.2, 0.25) is 0 Å². The monoisotopic (exact) mass is 427 g/mol. The van der Waals surface area contributed by atoms with E-state index >= 15 is 0 Å². The molecule has 2 aromatic carbocycles. The van der Waals surface area contributed by atoms with Crippen molar-refractivity contribution in [2.45, 2.75) is 6.42 Å². The maximum absolute atomic E-state index is 14.2. The molecule has 160 valence electrons. The van der Waals surface area contributed by atoms with E-state index in [9.17, 15) is 9.18 Å². The number of aromatic nitrogens is 3. The van der Waals surface area contributed by atoms with Gasteiger partial charge >= 0.3 is 0 Å². The molecule has 0 spiro atoms. The number of hydrogen-bond acceptors (Lipinski definition) is 6. The minimum Gasteiger partial charge on any atom is -0.353 e. The summed E-state index contributed by atoms with van der Waals surface area (Å²) in [6.07, 6.45) is 2.80. The van der Waals surface area contributed by atoms with E-state index in [1.807, 2.05) is 30.3 Å². The minimum absolute atomic E-state index is 0.228. The maximum atomic E-state index is 14.2. The zero-order valence-corrected chi connectivity index (χ0v) is 17.5. The number of halogens is 1. The minimum atomic E-state index is -0.228. The number of carbonyl (C=O) groups is 1. The molecule has 3 heterocycles. The van der Waals surface area contributed by atoms with Gasteiger partial charge in [-0.3, -0.25) is 4.79 Å². The Hall–Kier alpha value is -3.87. The van der Waals surface area contributed by atoms with Crippen molar-refractivity contribution in [1.29, 1.82) is 0 Å². The predicted octanol–water partition coefficient (Wildman–Crippen LogP) is 3.89. The van der Waals surface area contributed by atoms with Crippen LogP contribution in [0.3, 0.4) is 0 Å². The van der Waals surface area contributed by atoms with Gasteiger partial charge in [-0.15, -0.1) is 5.10 Å². The number of fused-ring (bicyclic) bond motifs is 1. The predicted molar refractivity (Wildman–Crippen MR) is 123 cm³/mol. The first-order valence-electron chi connectivity index (χ1n) is 10.6. The van der Waals surface area contributed by atoms with Crippen LogP contribution in [-0.4, -0.2) is 47.6 Å². The lowest BCUT2D eigenvalue weighted by atomic mass is 10.0. The average Bonchev–Trinajstić information content (AvgIpc) is 2.86. The summed E-state index contributed by atoms with van der Waals surface area (Å²) < 4.78 is 14.2. The number of anilines is 2. The smallest absolute Gasteiger partial charge is 0.159 e. The van der Waals surface area contributed by atoms with Crippen LogP contribution in [0.1, 0.15) is 21.6 Å². The molecule has 6 nitrogen and oxygen atoms in total. The summed E-state index contributed by atoms with van der Waals surface area (Å²) in [5, 5.41) is 11.1. The van der Waals surface area contributed by atoms with Crippen molar-refractivity contribution < 1.29 is 9.18 Å². The second-order valence-corrected chi connectivity index (χ2v) is 7.83. The van der Waals surface area contributed by atoms with Crippen LogP contribution >= 0.6 is 0 Å². The molecular weight excluding hydrogens is 405 g/mol. The van der Waals surface area contributed by atoms with E-state index in [2.05, 4.69) is 31.0 Å². The van der Waals surface area contributed by atoms with E-state index in [4.69, 9.17) is 0 Å². The summed E-state index contributed by atoms with van der Waals surface area (Å²) in [7, 11) is 0. The summed E-state index contributed by atoms with van der Waals surface area (Å²) in [5.41, 5.74) is 1.96. The molecule has 0 bridgehead atoms. The van der Waals surface area contributed by atoms with E-state index < -0.39 is 0 Å². The van der Waals surface area contributed by atoms with E-state index in [1.165, 1.54) is 6.07 Å². The lowest BCUT2D eigenvalue weighted by molar-refractivity contribution is 0.112. The topological polar surface area (TPSA) is 62.2 Å². The number of nitrogens with zero attached hydrogens (tertiary/aromatic N) is 5. The quantitative estimate of drug-likeness (QED) is 0.450. The van der Waals surface area contributed by atoms with Gasteiger partial charge < -0.3 is 9.80 Å². The first kappa shape index (κ1) is 20.1. The first-order valence-corrected chi connectivity index (χ1v) is 10.6. The van der Waals surface area contributed by atoms with Crippen molar-refractivity contribution in [2.75, 3.05) is 36.0 Å². The highest BCUT2D eigenvalue weighted by Gasteiger charge is 2.22. The number of aldehydes is 1. The van der Waals surface area contributed by atoms with Crippen molar-refractivity contribution in [3.05, 3.63) is 89.5 Å². The molecule has 1 aliphatic rings. The molecule has 0 unspecified atom stereocenters. The van der Waals surface area contributed by atoms with Crippen LogP contribution in [0.15, 0.2) is 66.9 Å². The molecule has 32 heavy (non-hydrogen) atoms. The SMILES string of the molecule is O=Cc1ccc(N2CCN(c3nnc(Cc4ccccc4F)c4ccccc34)CC2)nc1. The fourth-order valence-corrected chi connectivity index (χ4v) is 4.13. The molecule has 2 aromatic heterocycles. The summed E-state index contributed by atoms with van der Waals surface area (Å²) in [4.78, 5) is 19.7. The van der Waals surface area contributed by atoms with Crippen LogP contribution in [0.4, 0.5) is 16.0 Å². The summed E-state index contributed by atoms with van der Waals surface area (Å²) in [6, 6.07) is 18.5. The lowest BCUT2D eigenvalue weighted by Gasteiger charge is -2.36. The van der Waals surface area contributed by atoms with Crippen LogP contribution in [0.2, 0.25) is 0 Å². The van der Waals surface area contributed by atoms with Crippen LogP contribution in [-0.2, 0) is 6.42 Å². The molecule has 0 saturated carbocycles. The molecule has 0 amide bonds. The van der Waals surface area contributed by atoms with Crippen molar-refractivity contribution in [3.63, 3.8) is 0 Å². The Kier molecular flexibility index (Phi) is 5.46. The van der Waals surface area contributed by atoms with Gasteiger partial charge in [-0.1, -0.05) is 42.5 Å². The summed E-state index contributed by atoms with van der Waals surface area (Å²) in [6.45, 7) is 3.14. The van der Waals surface area contributed by atoms with Crippen molar-refractivity contribution in [2.24, 2.45) is 0 Å². The van der Waals surface area contributed by atoms with E-state index in [0.717, 1.165) is 60.6 Å². The molecule has 7 heteroatoms. The van der Waals surface area contributed by atoms with Crippen LogP contribution in [0.25, 0.3) is 10.8 Å². The van der Waals surface area contributed by atoms with Crippen LogP contribution in [0, 0.1) is 5.82 Å². The van der Waals surface area contributed by atoms with Crippen molar-refractivity contribution in [3.8, 4) is 0 Å². The largest absolute Gasteiger partial charge is 0.353 e. The van der Waals surface area contributed by atoms with Gasteiger partial charge in [-0.2, -0.15) is 5.10 Å². The Bertz CT molecular complexity index is 1250. The molecular formula is C25H22FN5O. The zero-order chi connectivity index (χ0) is 21.9. The second kappa shape index (κ2) is 8.70. The van der Waals surface area contributed by atoms with Gasteiger partial charge in [-0.25, -0.2) is 9.37 Å². The highest BCUT2D eigenvalue weighted by molar-refractivity contribution is 5.93. The molecule has 0 aliphatic carbocycles. The second-order valence-electron chi connectivity index (χ2n) is 7.83. The molecule has 1 fully saturated rings. The van der Waals surface area contributed by atoms with Gasteiger partial charge in [0.15, 0.2) is 12.1 Å². The fourth-order valence-electron chi connectivity index (χ4n) is 4.13. The summed E-state index contributed by atoms with van der Waals surface area (Å²) >= 11 is 0. The molecule has 0 atom stereocenters. The third-order valence-corrected chi connectivity index (χ3v) is 5.87. The summed E-state index contributed by atoms with van der Waals surface area (Å²) in [5.74, 6) is 1.49. The number of carbonyl (C=O) groups excluding carboxylic acids is 1. The van der Waals surface area contributed by atoms with E-state index in [-0.39, 0.29) is 5.82 Å². The van der Waals surface area contributed by atoms with Gasteiger partial charge in [0.1, 0.15) is 11.6 Å². The van der Waals surface area contributed by atoms with Gasteiger partial charge in [-0.05, 0) is 23.8 Å². The van der Waals surface area contributed by atoms with Crippen LogP contribution in [0.5, 0.6) is 0 Å². The van der Waals surface area contributed by atoms with Crippen molar-refractivity contribution in [1.82, 2.24) is 15.2 Å². The van der Waals surface area contributed by atoms with Gasteiger partial charge in [0.05, 0.1) is 5.69 Å². The molecule has 1 saturated heterocycles. The molecule has 5 rings (SSSR count). The Labute approximate surface area is 185 Å². The molecule has 1 aliphatic heterocycles. The number of benzene rings is 2. The van der Waals surface area contributed by atoms with Crippen molar-refractivity contribution >= 4 is 28.7 Å². The maximum Gasteiger partial charge on any atom is 0.159 e. The molecule has 0 radical (unpaired) electrons. The average molecular weight is 427 g/mol. The van der Waals surface area contributed by atoms with E-state index in [1.54, 1.807) is 24.4 Å². The number of piperazine rings is 1. The molecule has 0 N–H and O–H groups in total. The van der Waals surface area contributed by atoms with Gasteiger partial charge in [0.25, 0.3) is 0 Å². The Morgan fingerprint density at radius 2 is 1.56 bits per heavy atom. The van der Waals surface area contributed by atoms with E-state index in [0.29, 0.717) is 17.5 Å². The highest BCUT2D eigenvalue weighted by Crippen LogP contribution is 2.28. The standard InChI is InChI=1S/C25H22FN5O/c26-22-8-4-1-5-19(22)15-23-20-6-2-3-7-21(20)25(29-28-23)31-13-11-30(12-14-31)24-10-9-18(17-32)16-27-24/h1-10,16-17H,11-15H2. The Balaban J connectivity index is 1.38. The third-order valence-electron chi connectivity index (χ3n) is 5.87. The number of hydrogen-bond donors (Lipinski definition) is 0. The molecule has 4 aromatic rings. The Morgan fingerprint density at radius 1 is 0.844 bits per heavy atom. The number of rotatable bonds is 5. The third kappa shape index (κ3) is 3.89. The van der Waals surface area contributed by atoms with Gasteiger partial charge in [0, 0.05) is 55.1 Å². The Morgan fingerprint density at radius 3 is 2.28 bits per heavy atom. The van der Waals surface area contributed by atoms with Crippen LogP contribution < -0.4 is 9.80 Å². The zero-order valence-electron chi connectivity index (χ0n) is 17.5. The first-order chi connectivity index (χ1) is 15.7. The lowest BCUT2D eigenvalue weighted by Crippen LogP contribution is -2.47. The normalized spacial score (nSPS) is 14.0. The number of pyridine rings is 1. The highest BCUT2D eigenvalue weighted by atomic mass is 19.1. The fraction of sp³-hybridized carbons (Fsp3) is 0.200.